The van der Waals surface area contributed by atoms with E-state index in [0.29, 0.717) is 11.3 Å². The maximum absolute atomic E-state index is 10.5. The van der Waals surface area contributed by atoms with Crippen LogP contribution in [0.3, 0.4) is 0 Å². The van der Waals surface area contributed by atoms with E-state index in [-0.39, 0.29) is 6.10 Å². The quantitative estimate of drug-likeness (QED) is 0.759. The predicted octanol–water partition coefficient (Wildman–Crippen LogP) is 2.94. The number of aldehydes is 1. The molecule has 0 N–H and O–H groups in total. The summed E-state index contributed by atoms with van der Waals surface area (Å²) in [6.45, 7) is 3.75. The first-order valence-electron chi connectivity index (χ1n) is 5.32. The summed E-state index contributed by atoms with van der Waals surface area (Å²) in [6.07, 6.45) is 2.02. The fraction of sp³-hybridized carbons (Fsp3) is 0.231. The van der Waals surface area contributed by atoms with E-state index in [1.54, 1.807) is 24.3 Å². The lowest BCUT2D eigenvalue weighted by atomic mass is 10.2. The zero-order chi connectivity index (χ0) is 12.3. The summed E-state index contributed by atoms with van der Waals surface area (Å²) in [5, 5.41) is 0. The molecule has 4 nitrogen and oxygen atoms in total. The van der Waals surface area contributed by atoms with Crippen LogP contribution in [0.2, 0.25) is 0 Å². The minimum absolute atomic E-state index is 0.184. The molecular weight excluding hydrogens is 218 g/mol. The number of carbonyl (C=O) groups is 1. The highest BCUT2D eigenvalue weighted by molar-refractivity contribution is 5.74. The Morgan fingerprint density at radius 1 is 1.35 bits per heavy atom. The van der Waals surface area contributed by atoms with Gasteiger partial charge in [0, 0.05) is 5.56 Å². The number of aromatic nitrogens is 1. The number of rotatable bonds is 4. The molecule has 1 unspecified atom stereocenters. The molecule has 1 aromatic heterocycles. The zero-order valence-electron chi connectivity index (χ0n) is 9.71. The Morgan fingerprint density at radius 2 is 2.06 bits per heavy atom. The molecule has 1 atom stereocenters. The average molecular weight is 231 g/mol. The van der Waals surface area contributed by atoms with Crippen LogP contribution >= 0.6 is 0 Å². The lowest BCUT2D eigenvalue weighted by Gasteiger charge is -2.12. The Morgan fingerprint density at radius 3 is 2.59 bits per heavy atom. The molecular formula is C13H13NO3. The highest BCUT2D eigenvalue weighted by atomic mass is 16.5. The first-order chi connectivity index (χ1) is 8.20. The first kappa shape index (κ1) is 11.4. The topological polar surface area (TPSA) is 52.3 Å². The number of nitrogens with zero attached hydrogens (tertiary/aromatic N) is 1. The van der Waals surface area contributed by atoms with Crippen molar-refractivity contribution in [2.24, 2.45) is 0 Å². The van der Waals surface area contributed by atoms with E-state index < -0.39 is 0 Å². The van der Waals surface area contributed by atoms with Crippen LogP contribution in [0.25, 0.3) is 0 Å². The molecule has 0 saturated heterocycles. The van der Waals surface area contributed by atoms with Gasteiger partial charge in [0.1, 0.15) is 29.6 Å². The van der Waals surface area contributed by atoms with E-state index in [0.717, 1.165) is 17.7 Å². The largest absolute Gasteiger partial charge is 0.484 e. The highest BCUT2D eigenvalue weighted by Crippen LogP contribution is 2.22. The second-order valence-corrected chi connectivity index (χ2v) is 3.74. The van der Waals surface area contributed by atoms with Crippen LogP contribution in [0.15, 0.2) is 35.1 Å². The number of aryl methyl sites for hydroxylation is 1. The Balaban J connectivity index is 2.10. The van der Waals surface area contributed by atoms with Crippen LogP contribution in [-0.4, -0.2) is 11.3 Å². The van der Waals surface area contributed by atoms with Crippen LogP contribution < -0.4 is 4.74 Å². The van der Waals surface area contributed by atoms with Gasteiger partial charge in [0.25, 0.3) is 0 Å². The second-order valence-electron chi connectivity index (χ2n) is 3.74. The van der Waals surface area contributed by atoms with Crippen molar-refractivity contribution >= 4 is 6.29 Å². The summed E-state index contributed by atoms with van der Waals surface area (Å²) in [4.78, 5) is 14.6. The monoisotopic (exact) mass is 231 g/mol. The van der Waals surface area contributed by atoms with Crippen molar-refractivity contribution in [2.75, 3.05) is 0 Å². The van der Waals surface area contributed by atoms with Gasteiger partial charge in [-0.1, -0.05) is 0 Å². The van der Waals surface area contributed by atoms with Crippen LogP contribution in [0.4, 0.5) is 0 Å². The number of hydrogen-bond acceptors (Lipinski definition) is 4. The minimum Gasteiger partial charge on any atom is -0.484 e. The van der Waals surface area contributed by atoms with Gasteiger partial charge in [-0.25, -0.2) is 4.98 Å². The lowest BCUT2D eigenvalue weighted by Crippen LogP contribution is -2.04. The van der Waals surface area contributed by atoms with Crippen LogP contribution in [0.5, 0.6) is 5.75 Å². The summed E-state index contributed by atoms with van der Waals surface area (Å²) in [7, 11) is 0. The van der Waals surface area contributed by atoms with Crippen molar-refractivity contribution in [3.05, 3.63) is 47.7 Å². The molecule has 0 aliphatic rings. The summed E-state index contributed by atoms with van der Waals surface area (Å²) in [5.41, 5.74) is 1.41. The van der Waals surface area contributed by atoms with Crippen molar-refractivity contribution in [1.82, 2.24) is 4.98 Å². The van der Waals surface area contributed by atoms with E-state index in [1.165, 1.54) is 6.39 Å². The van der Waals surface area contributed by atoms with E-state index in [9.17, 15) is 4.79 Å². The average Bonchev–Trinajstić information content (AvgIpc) is 2.76. The molecule has 2 aromatic rings. The number of hydrogen-bond donors (Lipinski definition) is 0. The third kappa shape index (κ3) is 2.53. The van der Waals surface area contributed by atoms with Crippen molar-refractivity contribution in [2.45, 2.75) is 20.0 Å². The zero-order valence-corrected chi connectivity index (χ0v) is 9.71. The smallest absolute Gasteiger partial charge is 0.181 e. The maximum Gasteiger partial charge on any atom is 0.181 e. The van der Waals surface area contributed by atoms with Crippen molar-refractivity contribution < 1.29 is 13.9 Å². The van der Waals surface area contributed by atoms with Gasteiger partial charge < -0.3 is 9.15 Å². The molecule has 0 aliphatic heterocycles. The third-order valence-electron chi connectivity index (χ3n) is 2.50. The molecule has 0 fully saturated rings. The predicted molar refractivity (Wildman–Crippen MR) is 62.1 cm³/mol. The Hall–Kier alpha value is -2.10. The van der Waals surface area contributed by atoms with E-state index >= 15 is 0 Å². The minimum atomic E-state index is -0.184. The molecule has 1 aromatic carbocycles. The normalized spacial score (nSPS) is 12.1. The Kier molecular flexibility index (Phi) is 3.23. The van der Waals surface area contributed by atoms with Crippen LogP contribution in [0, 0.1) is 6.92 Å². The molecule has 17 heavy (non-hydrogen) atoms. The number of oxazole rings is 1. The number of ether oxygens (including phenoxy) is 1. The molecule has 0 saturated carbocycles. The van der Waals surface area contributed by atoms with E-state index in [1.807, 2.05) is 13.8 Å². The third-order valence-corrected chi connectivity index (χ3v) is 2.50. The Labute approximate surface area is 99.2 Å². The summed E-state index contributed by atoms with van der Waals surface area (Å²) in [6, 6.07) is 6.95. The molecule has 0 aliphatic carbocycles. The SMILES string of the molecule is Cc1ocnc1C(C)Oc1ccc(C=O)cc1. The van der Waals surface area contributed by atoms with Gasteiger partial charge >= 0.3 is 0 Å². The fourth-order valence-electron chi connectivity index (χ4n) is 1.59. The van der Waals surface area contributed by atoms with Gasteiger partial charge in [-0.15, -0.1) is 0 Å². The van der Waals surface area contributed by atoms with Crippen molar-refractivity contribution in [3.8, 4) is 5.75 Å². The summed E-state index contributed by atoms with van der Waals surface area (Å²) >= 11 is 0. The fourth-order valence-corrected chi connectivity index (χ4v) is 1.59. The van der Waals surface area contributed by atoms with Gasteiger partial charge in [0.2, 0.25) is 0 Å². The maximum atomic E-state index is 10.5. The van der Waals surface area contributed by atoms with Crippen LogP contribution in [0.1, 0.15) is 34.8 Å². The van der Waals surface area contributed by atoms with E-state index in [4.69, 9.17) is 9.15 Å². The molecule has 1 heterocycles. The molecule has 2 rings (SSSR count). The number of carbonyl (C=O) groups excluding carboxylic acids is 1. The van der Waals surface area contributed by atoms with Gasteiger partial charge in [-0.05, 0) is 38.1 Å². The molecule has 88 valence electrons. The molecule has 0 bridgehead atoms. The van der Waals surface area contributed by atoms with Gasteiger partial charge in [0.05, 0.1) is 0 Å². The number of benzene rings is 1. The molecule has 0 radical (unpaired) electrons. The van der Waals surface area contributed by atoms with Gasteiger partial charge in [-0.2, -0.15) is 0 Å². The van der Waals surface area contributed by atoms with Crippen molar-refractivity contribution in [3.63, 3.8) is 0 Å². The van der Waals surface area contributed by atoms with Gasteiger partial charge in [-0.3, -0.25) is 4.79 Å². The molecule has 0 spiro atoms. The second kappa shape index (κ2) is 4.82. The molecule has 0 amide bonds. The van der Waals surface area contributed by atoms with E-state index in [2.05, 4.69) is 4.98 Å². The Bertz CT molecular complexity index is 502. The van der Waals surface area contributed by atoms with Crippen LogP contribution in [-0.2, 0) is 0 Å². The van der Waals surface area contributed by atoms with Crippen molar-refractivity contribution in [1.29, 1.82) is 0 Å². The first-order valence-corrected chi connectivity index (χ1v) is 5.32. The summed E-state index contributed by atoms with van der Waals surface area (Å²) < 4.78 is 10.8. The standard InChI is InChI=1S/C13H13NO3/c1-9-13(14-8-16-9)10(2)17-12-5-3-11(7-15)4-6-12/h3-8,10H,1-2H3. The molecule has 4 heteroatoms. The highest BCUT2D eigenvalue weighted by Gasteiger charge is 2.14. The lowest BCUT2D eigenvalue weighted by molar-refractivity contribution is 0.112. The van der Waals surface area contributed by atoms with Gasteiger partial charge in [0.15, 0.2) is 6.39 Å². The summed E-state index contributed by atoms with van der Waals surface area (Å²) in [5.74, 6) is 1.45.